The van der Waals surface area contributed by atoms with Gasteiger partial charge in [-0.15, -0.1) is 11.3 Å². The van der Waals surface area contributed by atoms with E-state index in [9.17, 15) is 4.79 Å². The van der Waals surface area contributed by atoms with E-state index in [4.69, 9.17) is 16.3 Å². The smallest absolute Gasteiger partial charge is 0.259 e. The zero-order chi connectivity index (χ0) is 19.0. The number of thiazole rings is 1. The number of imidazole rings is 1. The molecule has 0 aliphatic heterocycles. The molecule has 7 heteroatoms. The molecule has 0 fully saturated rings. The van der Waals surface area contributed by atoms with E-state index < -0.39 is 0 Å². The minimum atomic E-state index is -0.284. The van der Waals surface area contributed by atoms with Gasteiger partial charge < -0.3 is 10.1 Å². The van der Waals surface area contributed by atoms with Gasteiger partial charge in [0.25, 0.3) is 5.91 Å². The summed E-state index contributed by atoms with van der Waals surface area (Å²) in [5.41, 5.74) is 4.00. The fraction of sp³-hybridized carbons (Fsp3) is 0.100. The predicted octanol–water partition coefficient (Wildman–Crippen LogP) is 5.29. The van der Waals surface area contributed by atoms with Crippen molar-refractivity contribution in [3.05, 3.63) is 70.3 Å². The molecule has 0 saturated carbocycles. The Balaban J connectivity index is 1.63. The van der Waals surface area contributed by atoms with E-state index in [2.05, 4.69) is 20.1 Å². The minimum Gasteiger partial charge on any atom is -0.496 e. The van der Waals surface area contributed by atoms with Crippen molar-refractivity contribution >= 4 is 39.5 Å². The van der Waals surface area contributed by atoms with Crippen LogP contribution in [0.3, 0.4) is 0 Å². The van der Waals surface area contributed by atoms with E-state index in [-0.39, 0.29) is 5.91 Å². The second-order valence-corrected chi connectivity index (χ2v) is 7.31. The van der Waals surface area contributed by atoms with E-state index >= 15 is 0 Å². The zero-order valence-electron chi connectivity index (χ0n) is 14.7. The van der Waals surface area contributed by atoms with Gasteiger partial charge in [0.15, 0.2) is 4.96 Å². The third kappa shape index (κ3) is 3.41. The monoisotopic (exact) mass is 397 g/mol. The number of nitrogens with zero attached hydrogens (tertiary/aromatic N) is 2. The van der Waals surface area contributed by atoms with Crippen molar-refractivity contribution in [3.8, 4) is 17.0 Å². The van der Waals surface area contributed by atoms with Gasteiger partial charge >= 0.3 is 0 Å². The van der Waals surface area contributed by atoms with Crippen LogP contribution >= 0.6 is 22.9 Å². The molecule has 0 spiro atoms. The molecule has 0 unspecified atom stereocenters. The van der Waals surface area contributed by atoms with Gasteiger partial charge in [-0.25, -0.2) is 4.98 Å². The third-order valence-electron chi connectivity index (χ3n) is 4.21. The molecular weight excluding hydrogens is 382 g/mol. The molecule has 1 amide bonds. The number of benzene rings is 2. The van der Waals surface area contributed by atoms with Gasteiger partial charge in [0.2, 0.25) is 0 Å². The van der Waals surface area contributed by atoms with Crippen molar-refractivity contribution in [2.45, 2.75) is 6.92 Å². The molecule has 2 aromatic carbocycles. The van der Waals surface area contributed by atoms with Crippen molar-refractivity contribution < 1.29 is 9.53 Å². The highest BCUT2D eigenvalue weighted by Crippen LogP contribution is 2.27. The van der Waals surface area contributed by atoms with Crippen molar-refractivity contribution in [1.29, 1.82) is 0 Å². The quantitative estimate of drug-likeness (QED) is 0.509. The van der Waals surface area contributed by atoms with Crippen molar-refractivity contribution in [2.24, 2.45) is 0 Å². The molecule has 5 nitrogen and oxygen atoms in total. The number of hydrogen-bond donors (Lipinski definition) is 1. The first-order valence-corrected chi connectivity index (χ1v) is 9.49. The van der Waals surface area contributed by atoms with Gasteiger partial charge in [-0.1, -0.05) is 23.7 Å². The van der Waals surface area contributed by atoms with Crippen LogP contribution in [-0.4, -0.2) is 22.4 Å². The second kappa shape index (κ2) is 7.06. The molecule has 0 radical (unpaired) electrons. The van der Waals surface area contributed by atoms with E-state index in [1.807, 2.05) is 37.4 Å². The van der Waals surface area contributed by atoms with Crippen LogP contribution in [0, 0.1) is 6.92 Å². The summed E-state index contributed by atoms with van der Waals surface area (Å²) in [6.45, 7) is 2.05. The summed E-state index contributed by atoms with van der Waals surface area (Å²) in [5.74, 6) is 0.186. The molecule has 0 aliphatic carbocycles. The second-order valence-electron chi connectivity index (χ2n) is 6.04. The summed E-state index contributed by atoms with van der Waals surface area (Å²) in [6, 6.07) is 12.5. The van der Waals surface area contributed by atoms with Crippen molar-refractivity contribution in [2.75, 3.05) is 12.4 Å². The Labute approximate surface area is 165 Å². The van der Waals surface area contributed by atoms with Crippen molar-refractivity contribution in [3.63, 3.8) is 0 Å². The summed E-state index contributed by atoms with van der Waals surface area (Å²) >= 11 is 7.62. The van der Waals surface area contributed by atoms with Crippen LogP contribution in [0.1, 0.15) is 16.1 Å². The van der Waals surface area contributed by atoms with Gasteiger partial charge in [0.05, 0.1) is 18.4 Å². The number of nitrogens with one attached hydrogen (secondary N) is 1. The maximum atomic E-state index is 12.7. The Morgan fingerprint density at radius 1 is 1.26 bits per heavy atom. The fourth-order valence-corrected chi connectivity index (χ4v) is 3.87. The average Bonchev–Trinajstić information content (AvgIpc) is 3.24. The molecule has 1 N–H and O–H groups in total. The maximum Gasteiger partial charge on any atom is 0.259 e. The number of rotatable bonds is 4. The highest BCUT2D eigenvalue weighted by molar-refractivity contribution is 7.15. The van der Waals surface area contributed by atoms with Gasteiger partial charge in [0.1, 0.15) is 5.75 Å². The lowest BCUT2D eigenvalue weighted by atomic mass is 10.1. The molecule has 4 rings (SSSR count). The van der Waals surface area contributed by atoms with Crippen LogP contribution in [0.5, 0.6) is 5.75 Å². The van der Waals surface area contributed by atoms with Crippen LogP contribution in [0.4, 0.5) is 5.69 Å². The Morgan fingerprint density at radius 3 is 2.89 bits per heavy atom. The number of ether oxygens (including phenoxy) is 1. The third-order valence-corrected chi connectivity index (χ3v) is 5.40. The van der Waals surface area contributed by atoms with Crippen LogP contribution in [-0.2, 0) is 0 Å². The molecule has 27 heavy (non-hydrogen) atoms. The number of carbonyl (C=O) groups is 1. The molecule has 2 heterocycles. The number of anilines is 1. The highest BCUT2D eigenvalue weighted by Gasteiger charge is 2.14. The molecule has 136 valence electrons. The number of carbonyl (C=O) groups excluding carboxylic acids is 1. The summed E-state index contributed by atoms with van der Waals surface area (Å²) in [4.78, 5) is 18.3. The first-order chi connectivity index (χ1) is 13.0. The number of amides is 1. The Bertz CT molecular complexity index is 1150. The number of aromatic nitrogens is 2. The lowest BCUT2D eigenvalue weighted by molar-refractivity contribution is 0.102. The van der Waals surface area contributed by atoms with E-state index in [1.165, 1.54) is 7.11 Å². The predicted molar refractivity (Wildman–Crippen MR) is 109 cm³/mol. The molecule has 4 aromatic rings. The highest BCUT2D eigenvalue weighted by atomic mass is 35.5. The largest absolute Gasteiger partial charge is 0.496 e. The topological polar surface area (TPSA) is 55.6 Å². The fourth-order valence-electron chi connectivity index (χ4n) is 2.85. The van der Waals surface area contributed by atoms with Gasteiger partial charge in [-0.3, -0.25) is 9.20 Å². The molecule has 2 aromatic heterocycles. The molecule has 0 saturated heterocycles. The summed E-state index contributed by atoms with van der Waals surface area (Å²) in [7, 11) is 1.52. The van der Waals surface area contributed by atoms with Crippen LogP contribution in [0.2, 0.25) is 5.02 Å². The zero-order valence-corrected chi connectivity index (χ0v) is 16.3. The van der Waals surface area contributed by atoms with Gasteiger partial charge in [-0.05, 0) is 37.3 Å². The molecule has 0 bridgehead atoms. The average molecular weight is 398 g/mol. The Hall–Kier alpha value is -2.83. The SMILES string of the molecule is COc1ccc(Cl)cc1C(=O)Nc1cccc(-c2cn3c(C)csc3n2)c1. The molecular formula is C20H16ClN3O2S. The van der Waals surface area contributed by atoms with Crippen LogP contribution < -0.4 is 10.1 Å². The maximum absolute atomic E-state index is 12.7. The van der Waals surface area contributed by atoms with Crippen LogP contribution in [0.15, 0.2) is 54.0 Å². The summed E-state index contributed by atoms with van der Waals surface area (Å²) in [5, 5.41) is 5.45. The van der Waals surface area contributed by atoms with Gasteiger partial charge in [-0.2, -0.15) is 0 Å². The number of methoxy groups -OCH3 is 1. The lowest BCUT2D eigenvalue weighted by Crippen LogP contribution is -2.13. The summed E-state index contributed by atoms with van der Waals surface area (Å²) in [6.07, 6.45) is 2.00. The number of aryl methyl sites for hydroxylation is 1. The van der Waals surface area contributed by atoms with Crippen LogP contribution in [0.25, 0.3) is 16.2 Å². The first kappa shape index (κ1) is 17.6. The number of halogens is 1. The standard InChI is InChI=1S/C20H16ClN3O2S/c1-12-11-27-20-23-17(10-24(12)20)13-4-3-5-15(8-13)22-19(25)16-9-14(21)6-7-18(16)26-2/h3-11H,1-2H3,(H,22,25). The Kier molecular flexibility index (Phi) is 4.59. The molecule has 0 aliphatic rings. The number of fused-ring (bicyclic) bond motifs is 1. The lowest BCUT2D eigenvalue weighted by Gasteiger charge is -2.10. The van der Waals surface area contributed by atoms with Crippen molar-refractivity contribution in [1.82, 2.24) is 9.38 Å². The van der Waals surface area contributed by atoms with E-state index in [1.54, 1.807) is 29.5 Å². The van der Waals surface area contributed by atoms with E-state index in [0.29, 0.717) is 22.0 Å². The normalized spacial score (nSPS) is 10.9. The number of hydrogen-bond acceptors (Lipinski definition) is 4. The van der Waals surface area contributed by atoms with E-state index in [0.717, 1.165) is 21.9 Å². The minimum absolute atomic E-state index is 0.284. The van der Waals surface area contributed by atoms with Gasteiger partial charge in [0, 0.05) is 33.5 Å². The summed E-state index contributed by atoms with van der Waals surface area (Å²) < 4.78 is 7.31. The molecule has 0 atom stereocenters. The Morgan fingerprint density at radius 2 is 2.11 bits per heavy atom. The first-order valence-electron chi connectivity index (χ1n) is 8.23.